The summed E-state index contributed by atoms with van der Waals surface area (Å²) >= 11 is 0. The Morgan fingerprint density at radius 2 is 2.05 bits per heavy atom. The number of likely N-dealkylation sites (tertiary alicyclic amines) is 1. The molecule has 1 saturated heterocycles. The maximum atomic E-state index is 13.4. The van der Waals surface area contributed by atoms with Gasteiger partial charge in [0.15, 0.2) is 0 Å². The van der Waals surface area contributed by atoms with Gasteiger partial charge in [-0.25, -0.2) is 0 Å². The number of hydrogen-bond acceptors (Lipinski definition) is 5. The summed E-state index contributed by atoms with van der Waals surface area (Å²) in [5, 5.41) is 0. The SMILES string of the molecule is C=CCN1CC[C@@]23c4c5ccc(OC(C)=O)c4C[C@@H]1[C@@H]2CC[C@H](N(C)C(=O)C#Cc1ccc(C)c(C)c1)[C@@H]3O5. The first-order valence-corrected chi connectivity index (χ1v) is 14.0. The second kappa shape index (κ2) is 9.57. The average Bonchev–Trinajstić information content (AvgIpc) is 3.24. The Balaban J connectivity index is 1.37. The smallest absolute Gasteiger partial charge is 0.308 e. The minimum Gasteiger partial charge on any atom is -0.487 e. The van der Waals surface area contributed by atoms with Gasteiger partial charge in [-0.3, -0.25) is 14.5 Å². The van der Waals surface area contributed by atoms with E-state index < -0.39 is 0 Å². The van der Waals surface area contributed by atoms with Crippen molar-refractivity contribution in [3.63, 3.8) is 0 Å². The zero-order valence-corrected chi connectivity index (χ0v) is 23.3. The Morgan fingerprint density at radius 3 is 2.79 bits per heavy atom. The van der Waals surface area contributed by atoms with Crippen LogP contribution in [0.1, 0.15) is 54.0 Å². The molecule has 1 spiro atoms. The number of aryl methyl sites for hydroxylation is 2. The Hall–Kier alpha value is -3.56. The van der Waals surface area contributed by atoms with Gasteiger partial charge in [0.05, 0.1) is 6.04 Å². The monoisotopic (exact) mass is 524 g/mol. The van der Waals surface area contributed by atoms with E-state index in [-0.39, 0.29) is 29.4 Å². The van der Waals surface area contributed by atoms with Gasteiger partial charge in [-0.15, -0.1) is 6.58 Å². The molecule has 4 aliphatic rings. The molecule has 2 aliphatic heterocycles. The fourth-order valence-electron chi connectivity index (χ4n) is 7.82. The van der Waals surface area contributed by atoms with E-state index in [0.717, 1.165) is 61.2 Å². The van der Waals surface area contributed by atoms with E-state index >= 15 is 0 Å². The minimum absolute atomic E-state index is 0.0927. The molecule has 39 heavy (non-hydrogen) atoms. The molecule has 5 atom stereocenters. The lowest BCUT2D eigenvalue weighted by Crippen LogP contribution is -2.68. The van der Waals surface area contributed by atoms with Crippen molar-refractivity contribution >= 4 is 11.9 Å². The van der Waals surface area contributed by atoms with E-state index in [1.807, 2.05) is 48.4 Å². The van der Waals surface area contributed by atoms with Gasteiger partial charge in [0, 0.05) is 54.6 Å². The molecule has 2 aromatic carbocycles. The van der Waals surface area contributed by atoms with Crippen LogP contribution >= 0.6 is 0 Å². The summed E-state index contributed by atoms with van der Waals surface area (Å²) in [6, 6.07) is 10.1. The molecular formula is C33H36N2O4. The highest BCUT2D eigenvalue weighted by molar-refractivity contribution is 5.94. The molecule has 6 rings (SSSR count). The van der Waals surface area contributed by atoms with Gasteiger partial charge in [-0.05, 0) is 87.4 Å². The number of esters is 1. The van der Waals surface area contributed by atoms with E-state index in [4.69, 9.17) is 9.47 Å². The summed E-state index contributed by atoms with van der Waals surface area (Å²) in [5.74, 6) is 7.38. The molecule has 202 valence electrons. The van der Waals surface area contributed by atoms with Crippen LogP contribution in [0.2, 0.25) is 0 Å². The molecule has 0 aromatic heterocycles. The Morgan fingerprint density at radius 1 is 1.23 bits per heavy atom. The predicted octanol–water partition coefficient (Wildman–Crippen LogP) is 4.33. The third kappa shape index (κ3) is 3.98. The molecule has 2 heterocycles. The molecule has 2 aliphatic carbocycles. The highest BCUT2D eigenvalue weighted by Gasteiger charge is 2.66. The number of rotatable bonds is 4. The molecule has 2 aromatic rings. The molecule has 0 N–H and O–H groups in total. The van der Waals surface area contributed by atoms with Crippen LogP contribution in [0, 0.1) is 31.6 Å². The second-order valence-electron chi connectivity index (χ2n) is 11.6. The Bertz CT molecular complexity index is 1440. The lowest BCUT2D eigenvalue weighted by Gasteiger charge is -2.60. The van der Waals surface area contributed by atoms with Crippen LogP contribution in [0.25, 0.3) is 0 Å². The number of benzene rings is 2. The van der Waals surface area contributed by atoms with Gasteiger partial charge >= 0.3 is 5.97 Å². The van der Waals surface area contributed by atoms with Crippen molar-refractivity contribution in [2.75, 3.05) is 20.1 Å². The van der Waals surface area contributed by atoms with Gasteiger partial charge < -0.3 is 14.4 Å². The van der Waals surface area contributed by atoms with Gasteiger partial charge in [0.1, 0.15) is 17.6 Å². The largest absolute Gasteiger partial charge is 0.487 e. The first kappa shape index (κ1) is 25.7. The zero-order valence-electron chi connectivity index (χ0n) is 23.3. The van der Waals surface area contributed by atoms with Crippen LogP contribution in [0.15, 0.2) is 43.0 Å². The molecule has 0 radical (unpaired) electrons. The second-order valence-corrected chi connectivity index (χ2v) is 11.6. The summed E-state index contributed by atoms with van der Waals surface area (Å²) in [6.07, 6.45) is 5.44. The first-order chi connectivity index (χ1) is 18.7. The van der Waals surface area contributed by atoms with Crippen molar-refractivity contribution < 1.29 is 19.1 Å². The number of nitrogens with zero attached hydrogens (tertiary/aromatic N) is 2. The van der Waals surface area contributed by atoms with Crippen molar-refractivity contribution in [1.29, 1.82) is 0 Å². The van der Waals surface area contributed by atoms with E-state index in [2.05, 4.69) is 37.2 Å². The van der Waals surface area contributed by atoms with E-state index in [1.54, 1.807) is 0 Å². The normalized spacial score (nSPS) is 27.9. The summed E-state index contributed by atoms with van der Waals surface area (Å²) in [7, 11) is 1.86. The molecule has 2 bridgehead atoms. The van der Waals surface area contributed by atoms with Crippen LogP contribution in [0.5, 0.6) is 11.5 Å². The zero-order chi connectivity index (χ0) is 27.5. The molecule has 0 unspecified atom stereocenters. The summed E-state index contributed by atoms with van der Waals surface area (Å²) in [4.78, 5) is 29.7. The van der Waals surface area contributed by atoms with Crippen molar-refractivity contribution in [2.24, 2.45) is 5.92 Å². The van der Waals surface area contributed by atoms with Gasteiger partial charge in [-0.1, -0.05) is 18.1 Å². The van der Waals surface area contributed by atoms with Crippen LogP contribution in [0.3, 0.4) is 0 Å². The van der Waals surface area contributed by atoms with Gasteiger partial charge in [0.2, 0.25) is 0 Å². The van der Waals surface area contributed by atoms with Crippen LogP contribution in [-0.2, 0) is 21.4 Å². The molecule has 1 saturated carbocycles. The number of likely N-dealkylation sites (N-methyl/N-ethyl adjacent to an activating group) is 1. The van der Waals surface area contributed by atoms with Crippen molar-refractivity contribution in [3.05, 3.63) is 70.8 Å². The number of hydrogen-bond donors (Lipinski definition) is 0. The highest BCUT2D eigenvalue weighted by Crippen LogP contribution is 2.63. The first-order valence-electron chi connectivity index (χ1n) is 14.0. The minimum atomic E-state index is -0.316. The topological polar surface area (TPSA) is 59.1 Å². The van der Waals surface area contributed by atoms with Gasteiger partial charge in [0.25, 0.3) is 5.91 Å². The average molecular weight is 525 g/mol. The van der Waals surface area contributed by atoms with Crippen LogP contribution in [0.4, 0.5) is 0 Å². The molecule has 2 fully saturated rings. The molecular weight excluding hydrogens is 488 g/mol. The number of carbonyl (C=O) groups is 2. The van der Waals surface area contributed by atoms with Gasteiger partial charge in [-0.2, -0.15) is 0 Å². The summed E-state index contributed by atoms with van der Waals surface area (Å²) in [6.45, 7) is 11.3. The van der Waals surface area contributed by atoms with E-state index in [0.29, 0.717) is 17.7 Å². The summed E-state index contributed by atoms with van der Waals surface area (Å²) in [5.41, 5.74) is 5.29. The third-order valence-electron chi connectivity index (χ3n) is 9.66. The number of piperidine rings is 1. The standard InChI is InChI=1S/C33H36N2O4/c1-6-16-35-17-15-33-25-10-11-26(34(5)30(37)14-9-23-8-7-20(2)21(3)18-23)32(33)39-29-13-12-28(38-22(4)36)24(31(29)33)19-27(25)35/h6-8,12-13,18,25-27,32H,1,10-11,15-17,19H2,2-5H3/t25-,26-,27+,32-,33-/m0/s1. The van der Waals surface area contributed by atoms with E-state index in [9.17, 15) is 9.59 Å². The number of amides is 1. The fraction of sp³-hybridized carbons (Fsp3) is 0.455. The van der Waals surface area contributed by atoms with Crippen molar-refractivity contribution in [2.45, 2.75) is 70.1 Å². The van der Waals surface area contributed by atoms with Crippen LogP contribution in [-0.4, -0.2) is 60.0 Å². The molecule has 1 amide bonds. The fourth-order valence-corrected chi connectivity index (χ4v) is 7.82. The molecule has 6 heteroatoms. The quantitative estimate of drug-likeness (QED) is 0.258. The van der Waals surface area contributed by atoms with Crippen molar-refractivity contribution in [3.8, 4) is 23.3 Å². The third-order valence-corrected chi connectivity index (χ3v) is 9.66. The lowest BCUT2D eigenvalue weighted by atomic mass is 9.51. The van der Waals surface area contributed by atoms with Crippen LogP contribution < -0.4 is 9.47 Å². The predicted molar refractivity (Wildman–Crippen MR) is 150 cm³/mol. The summed E-state index contributed by atoms with van der Waals surface area (Å²) < 4.78 is 12.5. The number of ether oxygens (including phenoxy) is 2. The van der Waals surface area contributed by atoms with E-state index in [1.165, 1.54) is 18.1 Å². The maximum absolute atomic E-state index is 13.4. The lowest BCUT2D eigenvalue weighted by molar-refractivity contribution is -0.134. The Labute approximate surface area is 231 Å². The highest BCUT2D eigenvalue weighted by atomic mass is 16.5. The molecule has 6 nitrogen and oxygen atoms in total. The van der Waals surface area contributed by atoms with Crippen molar-refractivity contribution in [1.82, 2.24) is 9.80 Å². The maximum Gasteiger partial charge on any atom is 0.308 e. The number of carbonyl (C=O) groups excluding carboxylic acids is 2. The Kier molecular flexibility index (Phi) is 6.31.